The molecule has 0 fully saturated rings. The van der Waals surface area contributed by atoms with Gasteiger partial charge in [-0.1, -0.05) is 6.07 Å². The van der Waals surface area contributed by atoms with E-state index in [1.807, 2.05) is 0 Å². The SMILES string of the molecule is Cc1nc(-c2cccc(C(F)(F)F)c2F)sc1C(=O)O. The number of carboxylic acid groups (broad SMARTS) is 1. The second-order valence-electron chi connectivity index (χ2n) is 3.90. The van der Waals surface area contributed by atoms with Gasteiger partial charge in [0, 0.05) is 5.56 Å². The summed E-state index contributed by atoms with van der Waals surface area (Å²) in [6.07, 6.45) is -4.82. The lowest BCUT2D eigenvalue weighted by Gasteiger charge is -2.09. The third kappa shape index (κ3) is 2.51. The van der Waals surface area contributed by atoms with Crippen LogP contribution in [-0.4, -0.2) is 16.1 Å². The van der Waals surface area contributed by atoms with Crippen LogP contribution in [0.25, 0.3) is 10.6 Å². The fourth-order valence-corrected chi connectivity index (χ4v) is 2.55. The van der Waals surface area contributed by atoms with Crippen molar-refractivity contribution in [3.8, 4) is 10.6 Å². The molecular formula is C12H7F4NO2S. The van der Waals surface area contributed by atoms with Crippen LogP contribution in [0, 0.1) is 12.7 Å². The van der Waals surface area contributed by atoms with Gasteiger partial charge in [-0.05, 0) is 19.1 Å². The molecule has 20 heavy (non-hydrogen) atoms. The van der Waals surface area contributed by atoms with Crippen LogP contribution in [0.4, 0.5) is 17.6 Å². The van der Waals surface area contributed by atoms with Crippen LogP contribution in [0.5, 0.6) is 0 Å². The topological polar surface area (TPSA) is 50.2 Å². The zero-order chi connectivity index (χ0) is 15.1. The van der Waals surface area contributed by atoms with Crippen LogP contribution in [0.15, 0.2) is 18.2 Å². The number of hydrogen-bond donors (Lipinski definition) is 1. The Hall–Kier alpha value is -1.96. The molecule has 2 aromatic rings. The van der Waals surface area contributed by atoms with Gasteiger partial charge in [0.25, 0.3) is 0 Å². The van der Waals surface area contributed by atoms with Gasteiger partial charge in [0.15, 0.2) is 0 Å². The summed E-state index contributed by atoms with van der Waals surface area (Å²) in [5.41, 5.74) is -1.63. The average Bonchev–Trinajstić information content (AvgIpc) is 2.70. The fraction of sp³-hybridized carbons (Fsp3) is 0.167. The molecule has 0 radical (unpaired) electrons. The summed E-state index contributed by atoms with van der Waals surface area (Å²) in [6.45, 7) is 1.40. The number of benzene rings is 1. The predicted octanol–water partition coefficient (Wildman–Crippen LogP) is 3.97. The number of aromatic nitrogens is 1. The molecule has 0 atom stereocenters. The number of halogens is 4. The maximum Gasteiger partial charge on any atom is 0.419 e. The number of thiazole rings is 1. The van der Waals surface area contributed by atoms with Crippen LogP contribution in [0.3, 0.4) is 0 Å². The molecule has 3 nitrogen and oxygen atoms in total. The second kappa shape index (κ2) is 4.86. The molecule has 0 aliphatic rings. The molecule has 0 unspecified atom stereocenters. The first kappa shape index (κ1) is 14.4. The standard InChI is InChI=1S/C12H7F4NO2S/c1-5-9(11(18)19)20-10(17-5)6-3-2-4-7(8(6)13)12(14,15)16/h2-4H,1H3,(H,18,19). The Balaban J connectivity index is 2.60. The van der Waals surface area contributed by atoms with E-state index in [0.29, 0.717) is 17.4 Å². The lowest BCUT2D eigenvalue weighted by Crippen LogP contribution is -2.08. The molecule has 1 N–H and O–H groups in total. The van der Waals surface area contributed by atoms with E-state index in [0.717, 1.165) is 12.1 Å². The third-order valence-electron chi connectivity index (χ3n) is 2.53. The highest BCUT2D eigenvalue weighted by molar-refractivity contribution is 7.17. The van der Waals surface area contributed by atoms with Crippen molar-refractivity contribution < 1.29 is 27.5 Å². The Kier molecular flexibility index (Phi) is 3.51. The molecule has 106 valence electrons. The molecule has 0 saturated carbocycles. The maximum absolute atomic E-state index is 13.9. The van der Waals surface area contributed by atoms with E-state index in [2.05, 4.69) is 4.98 Å². The first-order valence-corrected chi connectivity index (χ1v) is 6.10. The zero-order valence-corrected chi connectivity index (χ0v) is 10.8. The van der Waals surface area contributed by atoms with E-state index in [1.165, 1.54) is 6.92 Å². The van der Waals surface area contributed by atoms with E-state index in [9.17, 15) is 22.4 Å². The Morgan fingerprint density at radius 3 is 2.50 bits per heavy atom. The van der Waals surface area contributed by atoms with Gasteiger partial charge in [-0.3, -0.25) is 0 Å². The molecule has 8 heteroatoms. The molecule has 0 spiro atoms. The Labute approximate surface area is 114 Å². The van der Waals surface area contributed by atoms with E-state index in [4.69, 9.17) is 5.11 Å². The Bertz CT molecular complexity index is 679. The lowest BCUT2D eigenvalue weighted by molar-refractivity contribution is -0.139. The normalized spacial score (nSPS) is 11.7. The minimum atomic E-state index is -4.82. The molecule has 0 aliphatic heterocycles. The lowest BCUT2D eigenvalue weighted by atomic mass is 10.1. The highest BCUT2D eigenvalue weighted by Gasteiger charge is 2.35. The molecule has 1 aromatic carbocycles. The largest absolute Gasteiger partial charge is 0.477 e. The van der Waals surface area contributed by atoms with Crippen LogP contribution in [0.1, 0.15) is 20.9 Å². The van der Waals surface area contributed by atoms with E-state index in [-0.39, 0.29) is 21.1 Å². The van der Waals surface area contributed by atoms with Crippen molar-refractivity contribution in [2.75, 3.05) is 0 Å². The van der Waals surface area contributed by atoms with Crippen LogP contribution in [-0.2, 0) is 6.18 Å². The quantitative estimate of drug-likeness (QED) is 0.854. The molecule has 2 rings (SSSR count). The summed E-state index contributed by atoms with van der Waals surface area (Å²) in [5, 5.41) is 8.78. The summed E-state index contributed by atoms with van der Waals surface area (Å²) in [7, 11) is 0. The van der Waals surface area contributed by atoms with Gasteiger partial charge in [-0.25, -0.2) is 14.2 Å². The van der Waals surface area contributed by atoms with Crippen LogP contribution >= 0.6 is 11.3 Å². The monoisotopic (exact) mass is 305 g/mol. The van der Waals surface area contributed by atoms with Crippen molar-refractivity contribution in [1.82, 2.24) is 4.98 Å². The fourth-order valence-electron chi connectivity index (χ4n) is 1.63. The number of rotatable bonds is 2. The Morgan fingerprint density at radius 1 is 1.35 bits per heavy atom. The molecule has 0 saturated heterocycles. The van der Waals surface area contributed by atoms with E-state index >= 15 is 0 Å². The number of carbonyl (C=O) groups is 1. The number of nitrogens with zero attached hydrogens (tertiary/aromatic N) is 1. The van der Waals surface area contributed by atoms with Crippen molar-refractivity contribution in [3.05, 3.63) is 40.2 Å². The third-order valence-corrected chi connectivity index (χ3v) is 3.70. The predicted molar refractivity (Wildman–Crippen MR) is 64.2 cm³/mol. The minimum absolute atomic E-state index is 0.0940. The molecule has 0 aliphatic carbocycles. The van der Waals surface area contributed by atoms with Crippen molar-refractivity contribution in [2.45, 2.75) is 13.1 Å². The van der Waals surface area contributed by atoms with Crippen molar-refractivity contribution in [1.29, 1.82) is 0 Å². The Morgan fingerprint density at radius 2 is 2.00 bits per heavy atom. The van der Waals surface area contributed by atoms with Gasteiger partial charge in [0.2, 0.25) is 0 Å². The van der Waals surface area contributed by atoms with E-state index < -0.39 is 23.5 Å². The molecule has 0 amide bonds. The van der Waals surface area contributed by atoms with Gasteiger partial charge in [0.1, 0.15) is 15.7 Å². The summed E-state index contributed by atoms with van der Waals surface area (Å²) >= 11 is 0.636. The van der Waals surface area contributed by atoms with Crippen LogP contribution in [0.2, 0.25) is 0 Å². The number of hydrogen-bond acceptors (Lipinski definition) is 3. The first-order chi connectivity index (χ1) is 9.21. The number of alkyl halides is 3. The first-order valence-electron chi connectivity index (χ1n) is 5.28. The molecule has 0 bridgehead atoms. The smallest absolute Gasteiger partial charge is 0.419 e. The van der Waals surface area contributed by atoms with Crippen molar-refractivity contribution >= 4 is 17.3 Å². The number of aryl methyl sites for hydroxylation is 1. The van der Waals surface area contributed by atoms with Gasteiger partial charge >= 0.3 is 12.1 Å². The molecular weight excluding hydrogens is 298 g/mol. The summed E-state index contributed by atoms with van der Waals surface area (Å²) in [4.78, 5) is 14.6. The zero-order valence-electron chi connectivity index (χ0n) is 9.95. The maximum atomic E-state index is 13.9. The minimum Gasteiger partial charge on any atom is -0.477 e. The number of carboxylic acids is 1. The van der Waals surface area contributed by atoms with Gasteiger partial charge in [-0.2, -0.15) is 13.2 Å². The van der Waals surface area contributed by atoms with Gasteiger partial charge < -0.3 is 5.11 Å². The highest BCUT2D eigenvalue weighted by atomic mass is 32.1. The molecule has 1 aromatic heterocycles. The van der Waals surface area contributed by atoms with E-state index in [1.54, 1.807) is 0 Å². The highest BCUT2D eigenvalue weighted by Crippen LogP contribution is 2.37. The average molecular weight is 305 g/mol. The summed E-state index contributed by atoms with van der Waals surface area (Å²) < 4.78 is 51.7. The van der Waals surface area contributed by atoms with Crippen molar-refractivity contribution in [3.63, 3.8) is 0 Å². The van der Waals surface area contributed by atoms with Crippen molar-refractivity contribution in [2.24, 2.45) is 0 Å². The molecule has 1 heterocycles. The summed E-state index contributed by atoms with van der Waals surface area (Å²) in [6, 6.07) is 2.81. The second-order valence-corrected chi connectivity index (χ2v) is 4.90. The van der Waals surface area contributed by atoms with Crippen LogP contribution < -0.4 is 0 Å². The summed E-state index contributed by atoms with van der Waals surface area (Å²) in [5.74, 6) is -2.70. The number of aromatic carboxylic acids is 1. The van der Waals surface area contributed by atoms with Gasteiger partial charge in [0.05, 0.1) is 11.3 Å². The van der Waals surface area contributed by atoms with Gasteiger partial charge in [-0.15, -0.1) is 11.3 Å².